The number of Topliss-reactive ketones (excluding diaryl/α,β-unsaturated/α-hetero) is 1. The van der Waals surface area contributed by atoms with E-state index in [0.717, 1.165) is 11.8 Å². The lowest BCUT2D eigenvalue weighted by atomic mass is 9.70. The van der Waals surface area contributed by atoms with Crippen LogP contribution in [0.5, 0.6) is 0 Å². The number of nitrogens with two attached hydrogens (primary N) is 1. The highest BCUT2D eigenvalue weighted by molar-refractivity contribution is 7.99. The topological polar surface area (TPSA) is 225 Å². The first-order valence-electron chi connectivity index (χ1n) is 8.60. The van der Waals surface area contributed by atoms with Crippen LogP contribution in [0.1, 0.15) is 23.2 Å². The van der Waals surface area contributed by atoms with E-state index in [4.69, 9.17) is 5.73 Å². The zero-order valence-electron chi connectivity index (χ0n) is 15.1. The molecule has 2 fully saturated rings. The third kappa shape index (κ3) is 2.60. The van der Waals surface area contributed by atoms with Crippen LogP contribution in [-0.2, 0) is 0 Å². The molecule has 2 aliphatic rings. The minimum atomic E-state index is -4.29. The second-order valence-electron chi connectivity index (χ2n) is 7.59. The van der Waals surface area contributed by atoms with E-state index in [9.17, 15) is 50.8 Å². The predicted octanol–water partition coefficient (Wildman–Crippen LogP) is -3.83. The van der Waals surface area contributed by atoms with Gasteiger partial charge in [-0.2, -0.15) is 0 Å². The molecular weight excluding hydrogens is 410 g/mol. The number of carbonyl (C=O) groups is 1. The van der Waals surface area contributed by atoms with Crippen LogP contribution < -0.4 is 5.73 Å². The number of hydrogen-bond acceptors (Lipinski definition) is 12. The summed E-state index contributed by atoms with van der Waals surface area (Å²) in [5.41, 5.74) is 0.440. The number of carbonyl (C=O) groups excluding carboxylic acids is 1. The molecule has 0 saturated heterocycles. The average molecular weight is 433 g/mol. The lowest BCUT2D eigenvalue weighted by Gasteiger charge is -2.56. The van der Waals surface area contributed by atoms with Gasteiger partial charge in [0.15, 0.2) is 5.78 Å². The summed E-state index contributed by atoms with van der Waals surface area (Å²) >= 11 is 0.848. The third-order valence-corrected chi connectivity index (χ3v) is 7.16. The Bertz CT molecular complexity index is 841. The Hall–Kier alpha value is -1.16. The number of ketones is 1. The summed E-state index contributed by atoms with van der Waals surface area (Å²) < 4.78 is 0. The summed E-state index contributed by atoms with van der Waals surface area (Å²) in [5.74, 6) is -16.9. The largest absolute Gasteiger partial charge is 0.383 e. The van der Waals surface area contributed by atoms with E-state index in [-0.39, 0.29) is 18.7 Å². The molecule has 12 heteroatoms. The molecule has 2 unspecified atom stereocenters. The molecule has 11 nitrogen and oxygen atoms in total. The Morgan fingerprint density at radius 1 is 0.931 bits per heavy atom. The highest BCUT2D eigenvalue weighted by Gasteiger charge is 2.97. The number of hydrogen-bond donors (Lipinski definition) is 10. The predicted molar refractivity (Wildman–Crippen MR) is 95.8 cm³/mol. The average Bonchev–Trinajstić information content (AvgIpc) is 3.28. The number of benzene rings is 1. The minimum Gasteiger partial charge on any atom is -0.383 e. The molecule has 3 rings (SSSR count). The van der Waals surface area contributed by atoms with E-state index < -0.39 is 46.3 Å². The molecule has 0 spiro atoms. The first-order valence-corrected chi connectivity index (χ1v) is 9.59. The summed E-state index contributed by atoms with van der Waals surface area (Å²) in [6.45, 7) is 0.151. The number of thioether (sulfide) groups is 1. The molecule has 0 bridgehead atoms. The number of aliphatic hydroxyl groups is 9. The minimum absolute atomic E-state index is 0.109. The Labute approximate surface area is 168 Å². The first kappa shape index (κ1) is 22.5. The van der Waals surface area contributed by atoms with Crippen LogP contribution in [0.25, 0.3) is 0 Å². The Morgan fingerprint density at radius 3 is 2.10 bits per heavy atom. The van der Waals surface area contributed by atoms with Crippen molar-refractivity contribution in [2.45, 2.75) is 46.5 Å². The number of fused-ring (bicyclic) bond motifs is 1. The van der Waals surface area contributed by atoms with Crippen LogP contribution in [0.15, 0.2) is 29.2 Å². The SMILES string of the molecule is NCCC(=O)c1cccc(SCC23CC2(O)C(O)(O)C(O)(O)C(O)(O)C3(O)O)c1. The van der Waals surface area contributed by atoms with Gasteiger partial charge >= 0.3 is 0 Å². The standard InChI is InChI=1S/C17H23NO10S/c18-5-4-11(19)9-2-1-3-10(6-9)29-8-12-7-13(12,20)15(23,24)17(27,28)16(25,26)14(12,21)22/h1-3,6,20-28H,4-5,7-8,18H2. The van der Waals surface area contributed by atoms with Crippen molar-refractivity contribution in [3.63, 3.8) is 0 Å². The van der Waals surface area contributed by atoms with Crippen molar-refractivity contribution < 1.29 is 50.8 Å². The van der Waals surface area contributed by atoms with Crippen LogP contribution in [-0.4, -0.2) is 92.8 Å². The Morgan fingerprint density at radius 2 is 1.52 bits per heavy atom. The van der Waals surface area contributed by atoms with E-state index in [0.29, 0.717) is 10.5 Å². The van der Waals surface area contributed by atoms with Gasteiger partial charge in [-0.3, -0.25) is 4.79 Å². The molecule has 2 saturated carbocycles. The maximum Gasteiger partial charge on any atom is 0.283 e. The normalized spacial score (nSPS) is 33.0. The highest BCUT2D eigenvalue weighted by Crippen LogP contribution is 2.74. The van der Waals surface area contributed by atoms with E-state index in [2.05, 4.69) is 0 Å². The van der Waals surface area contributed by atoms with Crippen LogP contribution >= 0.6 is 11.8 Å². The fourth-order valence-corrected chi connectivity index (χ4v) is 5.22. The van der Waals surface area contributed by atoms with Crippen molar-refractivity contribution in [3.05, 3.63) is 29.8 Å². The number of rotatable bonds is 6. The zero-order chi connectivity index (χ0) is 22.1. The van der Waals surface area contributed by atoms with E-state index in [1.54, 1.807) is 18.2 Å². The van der Waals surface area contributed by atoms with Crippen molar-refractivity contribution in [2.24, 2.45) is 11.1 Å². The Balaban J connectivity index is 1.92. The monoisotopic (exact) mass is 433 g/mol. The van der Waals surface area contributed by atoms with E-state index in [1.807, 2.05) is 0 Å². The molecule has 0 radical (unpaired) electrons. The van der Waals surface area contributed by atoms with Crippen molar-refractivity contribution >= 4 is 17.5 Å². The molecule has 1 aromatic carbocycles. The second-order valence-corrected chi connectivity index (χ2v) is 8.64. The van der Waals surface area contributed by atoms with Crippen molar-refractivity contribution in [3.8, 4) is 0 Å². The van der Waals surface area contributed by atoms with Crippen LogP contribution in [0.4, 0.5) is 0 Å². The van der Waals surface area contributed by atoms with Crippen LogP contribution in [0.2, 0.25) is 0 Å². The highest BCUT2D eigenvalue weighted by atomic mass is 32.2. The van der Waals surface area contributed by atoms with Gasteiger partial charge in [0, 0.05) is 22.6 Å². The van der Waals surface area contributed by atoms with E-state index >= 15 is 0 Å². The first-order chi connectivity index (χ1) is 13.1. The second kappa shape index (κ2) is 6.42. The molecule has 162 valence electrons. The summed E-state index contributed by atoms with van der Waals surface area (Å²) in [4.78, 5) is 12.4. The molecule has 2 atom stereocenters. The van der Waals surface area contributed by atoms with Gasteiger partial charge < -0.3 is 51.7 Å². The van der Waals surface area contributed by atoms with Gasteiger partial charge in [-0.05, 0) is 25.1 Å². The molecule has 0 aliphatic heterocycles. The lowest BCUT2D eigenvalue weighted by Crippen LogP contribution is -2.86. The fourth-order valence-electron chi connectivity index (χ4n) is 3.88. The van der Waals surface area contributed by atoms with Gasteiger partial charge in [-0.1, -0.05) is 12.1 Å². The van der Waals surface area contributed by atoms with Gasteiger partial charge in [0.1, 0.15) is 5.60 Å². The lowest BCUT2D eigenvalue weighted by molar-refractivity contribution is -0.550. The van der Waals surface area contributed by atoms with Crippen LogP contribution in [0, 0.1) is 5.41 Å². The maximum atomic E-state index is 12.0. The summed E-state index contributed by atoms with van der Waals surface area (Å²) in [6.07, 6.45) is -0.692. The molecular formula is C17H23NO10S. The zero-order valence-corrected chi connectivity index (χ0v) is 15.9. The van der Waals surface area contributed by atoms with Gasteiger partial charge in [0.05, 0.1) is 5.41 Å². The van der Waals surface area contributed by atoms with Crippen molar-refractivity contribution in [2.75, 3.05) is 12.3 Å². The van der Waals surface area contributed by atoms with Gasteiger partial charge in [-0.15, -0.1) is 11.8 Å². The molecule has 11 N–H and O–H groups in total. The van der Waals surface area contributed by atoms with Gasteiger partial charge in [0.2, 0.25) is 5.79 Å². The maximum absolute atomic E-state index is 12.0. The molecule has 29 heavy (non-hydrogen) atoms. The van der Waals surface area contributed by atoms with Crippen molar-refractivity contribution in [1.82, 2.24) is 0 Å². The van der Waals surface area contributed by atoms with Gasteiger partial charge in [-0.25, -0.2) is 0 Å². The molecule has 0 heterocycles. The molecule has 0 amide bonds. The molecule has 1 aromatic rings. The smallest absolute Gasteiger partial charge is 0.283 e. The summed E-state index contributed by atoms with van der Waals surface area (Å²) in [7, 11) is 0. The molecule has 2 aliphatic carbocycles. The summed E-state index contributed by atoms with van der Waals surface area (Å²) in [6, 6.07) is 6.12. The molecule has 0 aromatic heterocycles. The summed E-state index contributed by atoms with van der Waals surface area (Å²) in [5, 5.41) is 91.0. The van der Waals surface area contributed by atoms with Crippen molar-refractivity contribution in [1.29, 1.82) is 0 Å². The quantitative estimate of drug-likeness (QED) is 0.118. The van der Waals surface area contributed by atoms with Gasteiger partial charge in [0.25, 0.3) is 17.4 Å². The fraction of sp³-hybridized carbons (Fsp3) is 0.588. The third-order valence-electron chi connectivity index (χ3n) is 5.94. The Kier molecular flexibility index (Phi) is 4.99. The van der Waals surface area contributed by atoms with E-state index in [1.165, 1.54) is 6.07 Å². The van der Waals surface area contributed by atoms with Crippen LogP contribution in [0.3, 0.4) is 0 Å².